The van der Waals surface area contributed by atoms with E-state index in [1.54, 1.807) is 0 Å². The molecule has 0 aromatic heterocycles. The molecular formula is C34H67NO5. The minimum Gasteiger partial charge on any atom is -0.394 e. The molecule has 6 nitrogen and oxygen atoms in total. The molecule has 0 aliphatic rings. The summed E-state index contributed by atoms with van der Waals surface area (Å²) in [5.41, 5.74) is 0. The fourth-order valence-corrected chi connectivity index (χ4v) is 5.17. The molecule has 0 rings (SSSR count). The number of carbonyl (C=O) groups is 1. The number of carbonyl (C=O) groups excluding carboxylic acids is 1. The summed E-state index contributed by atoms with van der Waals surface area (Å²) in [6.45, 7) is 3.98. The standard InChI is InChI=1S/C34H67NO5/c1-3-5-7-9-11-13-15-16-17-18-20-22-24-26-28-32(38)34(40)35-30(29-36)33(39)31(37)27-25-23-21-19-14-12-10-8-6-4-2/h19,21,30-33,36-39H,3-18,20,22-29H2,1-2H3,(H,35,40)/b21-19+. The van der Waals surface area contributed by atoms with Gasteiger partial charge in [0.2, 0.25) is 5.91 Å². The number of hydrogen-bond acceptors (Lipinski definition) is 5. The van der Waals surface area contributed by atoms with Crippen LogP contribution in [0.4, 0.5) is 0 Å². The van der Waals surface area contributed by atoms with Crippen molar-refractivity contribution in [3.63, 3.8) is 0 Å². The first kappa shape index (κ1) is 39.0. The average molecular weight is 570 g/mol. The number of hydrogen-bond donors (Lipinski definition) is 5. The van der Waals surface area contributed by atoms with E-state index in [1.807, 2.05) is 0 Å². The molecule has 6 heteroatoms. The number of aliphatic hydroxyl groups excluding tert-OH is 4. The summed E-state index contributed by atoms with van der Waals surface area (Å²) in [5.74, 6) is -0.595. The Hall–Kier alpha value is -0.950. The lowest BCUT2D eigenvalue weighted by Crippen LogP contribution is -2.53. The predicted octanol–water partition coefficient (Wildman–Crippen LogP) is 7.50. The number of aliphatic hydroxyl groups is 4. The molecule has 0 saturated heterocycles. The van der Waals surface area contributed by atoms with E-state index in [0.29, 0.717) is 12.8 Å². The summed E-state index contributed by atoms with van der Waals surface area (Å²) < 4.78 is 0. The molecule has 0 bridgehead atoms. The van der Waals surface area contributed by atoms with Gasteiger partial charge in [0.15, 0.2) is 0 Å². The van der Waals surface area contributed by atoms with Crippen LogP contribution in [-0.4, -0.2) is 57.3 Å². The molecule has 4 unspecified atom stereocenters. The largest absolute Gasteiger partial charge is 0.394 e. The van der Waals surface area contributed by atoms with E-state index in [9.17, 15) is 25.2 Å². The summed E-state index contributed by atoms with van der Waals surface area (Å²) >= 11 is 0. The minimum atomic E-state index is -1.27. The van der Waals surface area contributed by atoms with Gasteiger partial charge in [-0.05, 0) is 38.5 Å². The first-order chi connectivity index (χ1) is 19.5. The van der Waals surface area contributed by atoms with Gasteiger partial charge in [-0.2, -0.15) is 0 Å². The summed E-state index contributed by atoms with van der Waals surface area (Å²) in [6.07, 6.45) is 28.1. The Balaban J connectivity index is 3.87. The third kappa shape index (κ3) is 23.7. The van der Waals surface area contributed by atoms with Crippen LogP contribution in [0.2, 0.25) is 0 Å². The van der Waals surface area contributed by atoms with Gasteiger partial charge in [0.25, 0.3) is 0 Å². The zero-order valence-electron chi connectivity index (χ0n) is 26.3. The number of unbranched alkanes of at least 4 members (excludes halogenated alkanes) is 19. The number of allylic oxidation sites excluding steroid dienone is 2. The van der Waals surface area contributed by atoms with Crippen LogP contribution in [0.5, 0.6) is 0 Å². The van der Waals surface area contributed by atoms with Gasteiger partial charge in [0.05, 0.1) is 18.8 Å². The van der Waals surface area contributed by atoms with E-state index in [2.05, 4.69) is 31.3 Å². The molecule has 0 fully saturated rings. The zero-order valence-corrected chi connectivity index (χ0v) is 26.3. The molecule has 0 radical (unpaired) electrons. The van der Waals surface area contributed by atoms with Crippen LogP contribution in [0.1, 0.15) is 168 Å². The number of amides is 1. The summed E-state index contributed by atoms with van der Waals surface area (Å²) in [5, 5.41) is 43.2. The van der Waals surface area contributed by atoms with Crippen molar-refractivity contribution in [2.75, 3.05) is 6.61 Å². The van der Waals surface area contributed by atoms with Crippen molar-refractivity contribution in [3.8, 4) is 0 Å². The highest BCUT2D eigenvalue weighted by Crippen LogP contribution is 2.15. The van der Waals surface area contributed by atoms with Gasteiger partial charge >= 0.3 is 0 Å². The highest BCUT2D eigenvalue weighted by molar-refractivity contribution is 5.80. The van der Waals surface area contributed by atoms with Gasteiger partial charge in [-0.25, -0.2) is 0 Å². The smallest absolute Gasteiger partial charge is 0.249 e. The Labute approximate surface area is 247 Å². The zero-order chi connectivity index (χ0) is 29.7. The molecule has 0 aliphatic carbocycles. The van der Waals surface area contributed by atoms with Gasteiger partial charge in [-0.3, -0.25) is 4.79 Å². The van der Waals surface area contributed by atoms with Gasteiger partial charge in [0.1, 0.15) is 12.2 Å². The van der Waals surface area contributed by atoms with Crippen LogP contribution in [0.3, 0.4) is 0 Å². The SMILES string of the molecule is CCCCCCC/C=C/CCCC(O)C(O)C(CO)NC(=O)C(O)CCCCCCCCCCCCCCCC. The Morgan fingerprint density at radius 3 is 1.50 bits per heavy atom. The number of nitrogens with one attached hydrogen (secondary N) is 1. The molecule has 0 aromatic rings. The van der Waals surface area contributed by atoms with Crippen LogP contribution < -0.4 is 5.32 Å². The van der Waals surface area contributed by atoms with E-state index >= 15 is 0 Å². The lowest BCUT2D eigenvalue weighted by atomic mass is 10.00. The second-order valence-electron chi connectivity index (χ2n) is 11.9. The van der Waals surface area contributed by atoms with Crippen molar-refractivity contribution in [2.45, 2.75) is 192 Å². The van der Waals surface area contributed by atoms with Crippen molar-refractivity contribution in [1.29, 1.82) is 0 Å². The third-order valence-corrected chi connectivity index (χ3v) is 7.98. The second-order valence-corrected chi connectivity index (χ2v) is 11.9. The highest BCUT2D eigenvalue weighted by atomic mass is 16.3. The van der Waals surface area contributed by atoms with E-state index < -0.39 is 36.9 Å². The Kier molecular flexibility index (Phi) is 28.8. The second kappa shape index (κ2) is 29.5. The monoisotopic (exact) mass is 570 g/mol. The van der Waals surface area contributed by atoms with Crippen LogP contribution >= 0.6 is 0 Å². The molecule has 4 atom stereocenters. The van der Waals surface area contributed by atoms with Gasteiger partial charge in [-0.1, -0.05) is 142 Å². The normalized spacial score (nSPS) is 14.8. The lowest BCUT2D eigenvalue weighted by Gasteiger charge is -2.27. The maximum atomic E-state index is 12.4. The van der Waals surface area contributed by atoms with Crippen molar-refractivity contribution >= 4 is 5.91 Å². The maximum absolute atomic E-state index is 12.4. The van der Waals surface area contributed by atoms with E-state index in [0.717, 1.165) is 38.5 Å². The number of rotatable bonds is 30. The molecule has 5 N–H and O–H groups in total. The van der Waals surface area contributed by atoms with Crippen LogP contribution in [0, 0.1) is 0 Å². The van der Waals surface area contributed by atoms with Gasteiger partial charge in [-0.15, -0.1) is 0 Å². The molecule has 0 aromatic carbocycles. The Bertz CT molecular complexity index is 571. The minimum absolute atomic E-state index is 0.367. The van der Waals surface area contributed by atoms with E-state index in [1.165, 1.54) is 103 Å². The molecule has 0 spiro atoms. The fourth-order valence-electron chi connectivity index (χ4n) is 5.17. The molecular weight excluding hydrogens is 502 g/mol. The quantitative estimate of drug-likeness (QED) is 0.0454. The fraction of sp³-hybridized carbons (Fsp3) is 0.912. The topological polar surface area (TPSA) is 110 Å². The van der Waals surface area contributed by atoms with E-state index in [4.69, 9.17) is 0 Å². The Morgan fingerprint density at radius 1 is 0.600 bits per heavy atom. The highest BCUT2D eigenvalue weighted by Gasteiger charge is 2.28. The van der Waals surface area contributed by atoms with Gasteiger partial charge < -0.3 is 25.7 Å². The van der Waals surface area contributed by atoms with Crippen LogP contribution in [-0.2, 0) is 4.79 Å². The van der Waals surface area contributed by atoms with Crippen molar-refractivity contribution in [1.82, 2.24) is 5.32 Å². The molecule has 238 valence electrons. The first-order valence-electron chi connectivity index (χ1n) is 17.1. The average Bonchev–Trinajstić information content (AvgIpc) is 2.96. The third-order valence-electron chi connectivity index (χ3n) is 7.98. The van der Waals surface area contributed by atoms with Crippen molar-refractivity contribution in [3.05, 3.63) is 12.2 Å². The van der Waals surface area contributed by atoms with Crippen molar-refractivity contribution < 1.29 is 25.2 Å². The lowest BCUT2D eigenvalue weighted by molar-refractivity contribution is -0.132. The molecule has 0 heterocycles. The van der Waals surface area contributed by atoms with Gasteiger partial charge in [0, 0.05) is 0 Å². The molecule has 1 amide bonds. The maximum Gasteiger partial charge on any atom is 0.249 e. The van der Waals surface area contributed by atoms with Crippen LogP contribution in [0.25, 0.3) is 0 Å². The van der Waals surface area contributed by atoms with Crippen molar-refractivity contribution in [2.24, 2.45) is 0 Å². The van der Waals surface area contributed by atoms with E-state index in [-0.39, 0.29) is 0 Å². The summed E-state index contributed by atoms with van der Waals surface area (Å²) in [7, 11) is 0. The molecule has 0 saturated carbocycles. The van der Waals surface area contributed by atoms with Crippen LogP contribution in [0.15, 0.2) is 12.2 Å². The first-order valence-corrected chi connectivity index (χ1v) is 17.1. The molecule has 0 aliphatic heterocycles. The Morgan fingerprint density at radius 2 is 1.02 bits per heavy atom. The molecule has 40 heavy (non-hydrogen) atoms. The summed E-state index contributed by atoms with van der Waals surface area (Å²) in [4.78, 5) is 12.4. The predicted molar refractivity (Wildman–Crippen MR) is 168 cm³/mol. The summed E-state index contributed by atoms with van der Waals surface area (Å²) in [6, 6.07) is -0.993.